The first-order valence-electron chi connectivity index (χ1n) is 11.0. The van der Waals surface area contributed by atoms with Crippen LogP contribution in [-0.2, 0) is 9.59 Å². The highest BCUT2D eigenvalue weighted by Crippen LogP contribution is 2.40. The van der Waals surface area contributed by atoms with Crippen LogP contribution in [0.25, 0.3) is 0 Å². The third-order valence-electron chi connectivity index (χ3n) is 7.02. The van der Waals surface area contributed by atoms with Crippen LogP contribution in [0.1, 0.15) is 83.5 Å². The highest BCUT2D eigenvalue weighted by molar-refractivity contribution is 5.88. The lowest BCUT2D eigenvalue weighted by atomic mass is 9.69. The van der Waals surface area contributed by atoms with E-state index < -0.39 is 6.04 Å². The summed E-state index contributed by atoms with van der Waals surface area (Å²) in [4.78, 5) is 24.8. The highest BCUT2D eigenvalue weighted by Gasteiger charge is 2.34. The Balaban J connectivity index is 1.54. The number of hydrogen-bond acceptors (Lipinski definition) is 3. The van der Waals surface area contributed by atoms with E-state index in [0.29, 0.717) is 5.92 Å². The molecule has 4 N–H and O–H groups in total. The average molecular weight is 364 g/mol. The molecular formula is C21H37N3O2. The molecule has 3 saturated carbocycles. The number of nitrogens with one attached hydrogen (secondary N) is 2. The van der Waals surface area contributed by atoms with Crippen molar-refractivity contribution in [3.05, 3.63) is 0 Å². The summed E-state index contributed by atoms with van der Waals surface area (Å²) in [7, 11) is 0. The Bertz CT molecular complexity index is 476. The Kier molecular flexibility index (Phi) is 7.35. The second kappa shape index (κ2) is 9.72. The molecule has 4 atom stereocenters. The van der Waals surface area contributed by atoms with Gasteiger partial charge in [-0.25, -0.2) is 0 Å². The molecular weight excluding hydrogens is 326 g/mol. The molecule has 5 heteroatoms. The van der Waals surface area contributed by atoms with Crippen molar-refractivity contribution >= 4 is 11.8 Å². The number of fused-ring (bicyclic) bond motifs is 1. The molecule has 3 fully saturated rings. The molecule has 148 valence electrons. The Labute approximate surface area is 158 Å². The van der Waals surface area contributed by atoms with E-state index in [4.69, 9.17) is 5.73 Å². The summed E-state index contributed by atoms with van der Waals surface area (Å²) in [5.74, 6) is 2.00. The van der Waals surface area contributed by atoms with Gasteiger partial charge in [0.25, 0.3) is 0 Å². The Morgan fingerprint density at radius 2 is 1.58 bits per heavy atom. The second-order valence-corrected chi connectivity index (χ2v) is 8.89. The SMILES string of the molecule is NCC(=O)NC(CC1CCCCC1)C(=O)NC1CCC2CCCCC2C1. The maximum atomic E-state index is 12.9. The maximum absolute atomic E-state index is 12.9. The van der Waals surface area contributed by atoms with Crippen molar-refractivity contribution in [2.45, 2.75) is 95.6 Å². The van der Waals surface area contributed by atoms with E-state index in [1.54, 1.807) is 0 Å². The lowest BCUT2D eigenvalue weighted by Crippen LogP contribution is -2.52. The largest absolute Gasteiger partial charge is 0.352 e. The number of carbonyl (C=O) groups excluding carboxylic acids is 2. The molecule has 0 aromatic carbocycles. The number of hydrogen-bond donors (Lipinski definition) is 3. The first-order valence-corrected chi connectivity index (χ1v) is 11.0. The molecule has 26 heavy (non-hydrogen) atoms. The predicted molar refractivity (Wildman–Crippen MR) is 103 cm³/mol. The predicted octanol–water partition coefficient (Wildman–Crippen LogP) is 2.88. The van der Waals surface area contributed by atoms with Crippen LogP contribution in [0.2, 0.25) is 0 Å². The maximum Gasteiger partial charge on any atom is 0.242 e. The first-order chi connectivity index (χ1) is 12.7. The number of nitrogens with two attached hydrogens (primary N) is 1. The summed E-state index contributed by atoms with van der Waals surface area (Å²) in [6, 6.07) is -0.135. The van der Waals surface area contributed by atoms with Gasteiger partial charge in [0.2, 0.25) is 11.8 Å². The Morgan fingerprint density at radius 1 is 0.885 bits per heavy atom. The summed E-state index contributed by atoms with van der Waals surface area (Å²) in [6.45, 7) is -0.0539. The molecule has 2 amide bonds. The van der Waals surface area contributed by atoms with Crippen molar-refractivity contribution in [3.8, 4) is 0 Å². The quantitative estimate of drug-likeness (QED) is 0.678. The molecule has 0 radical (unpaired) electrons. The first kappa shape index (κ1) is 19.7. The zero-order chi connectivity index (χ0) is 18.4. The van der Waals surface area contributed by atoms with E-state index in [1.165, 1.54) is 64.2 Å². The number of carbonyl (C=O) groups is 2. The van der Waals surface area contributed by atoms with E-state index >= 15 is 0 Å². The third kappa shape index (κ3) is 5.45. The van der Waals surface area contributed by atoms with Crippen molar-refractivity contribution in [2.24, 2.45) is 23.5 Å². The smallest absolute Gasteiger partial charge is 0.242 e. The summed E-state index contributed by atoms with van der Waals surface area (Å²) >= 11 is 0. The van der Waals surface area contributed by atoms with Crippen LogP contribution in [0.4, 0.5) is 0 Å². The molecule has 3 aliphatic rings. The monoisotopic (exact) mass is 363 g/mol. The van der Waals surface area contributed by atoms with E-state index in [-0.39, 0.29) is 24.4 Å². The molecule has 0 saturated heterocycles. The minimum atomic E-state index is -0.418. The van der Waals surface area contributed by atoms with Crippen LogP contribution in [0.3, 0.4) is 0 Å². The Hall–Kier alpha value is -1.10. The minimum absolute atomic E-state index is 0.0108. The molecule has 4 unspecified atom stereocenters. The van der Waals surface area contributed by atoms with Crippen LogP contribution >= 0.6 is 0 Å². The standard InChI is InChI=1S/C21H37N3O2/c22-14-20(25)24-19(12-15-6-2-1-3-7-15)21(26)23-18-11-10-16-8-4-5-9-17(16)13-18/h15-19H,1-14,22H2,(H,23,26)(H,24,25). The molecule has 0 heterocycles. The van der Waals surface area contributed by atoms with Crippen LogP contribution in [0.15, 0.2) is 0 Å². The molecule has 0 aromatic heterocycles. The topological polar surface area (TPSA) is 84.2 Å². The molecule has 3 aliphatic carbocycles. The van der Waals surface area contributed by atoms with Gasteiger partial charge in [-0.05, 0) is 43.4 Å². The third-order valence-corrected chi connectivity index (χ3v) is 7.02. The molecule has 0 aliphatic heterocycles. The molecule has 3 rings (SSSR count). The fourth-order valence-corrected chi connectivity index (χ4v) is 5.55. The van der Waals surface area contributed by atoms with Crippen molar-refractivity contribution in [1.82, 2.24) is 10.6 Å². The summed E-state index contributed by atoms with van der Waals surface area (Å²) < 4.78 is 0. The van der Waals surface area contributed by atoms with Gasteiger partial charge in [0.15, 0.2) is 0 Å². The zero-order valence-corrected chi connectivity index (χ0v) is 16.2. The normalized spacial score (nSPS) is 30.9. The summed E-state index contributed by atoms with van der Waals surface area (Å²) in [5.41, 5.74) is 5.47. The van der Waals surface area contributed by atoms with E-state index in [9.17, 15) is 9.59 Å². The molecule has 0 bridgehead atoms. The minimum Gasteiger partial charge on any atom is -0.352 e. The van der Waals surface area contributed by atoms with Crippen LogP contribution in [-0.4, -0.2) is 30.4 Å². The van der Waals surface area contributed by atoms with Gasteiger partial charge in [0.05, 0.1) is 6.54 Å². The van der Waals surface area contributed by atoms with Gasteiger partial charge in [-0.2, -0.15) is 0 Å². The lowest BCUT2D eigenvalue weighted by molar-refractivity contribution is -0.129. The Morgan fingerprint density at radius 3 is 2.31 bits per heavy atom. The lowest BCUT2D eigenvalue weighted by Gasteiger charge is -2.40. The van der Waals surface area contributed by atoms with E-state index in [0.717, 1.165) is 31.1 Å². The van der Waals surface area contributed by atoms with Gasteiger partial charge in [-0.1, -0.05) is 57.8 Å². The van der Waals surface area contributed by atoms with Gasteiger partial charge in [-0.3, -0.25) is 9.59 Å². The summed E-state index contributed by atoms with van der Waals surface area (Å²) in [5, 5.41) is 6.16. The van der Waals surface area contributed by atoms with Crippen LogP contribution in [0.5, 0.6) is 0 Å². The van der Waals surface area contributed by atoms with Gasteiger partial charge < -0.3 is 16.4 Å². The highest BCUT2D eigenvalue weighted by atomic mass is 16.2. The zero-order valence-electron chi connectivity index (χ0n) is 16.2. The van der Waals surface area contributed by atoms with Crippen molar-refractivity contribution in [1.29, 1.82) is 0 Å². The van der Waals surface area contributed by atoms with Gasteiger partial charge in [-0.15, -0.1) is 0 Å². The van der Waals surface area contributed by atoms with Gasteiger partial charge in [0, 0.05) is 6.04 Å². The molecule has 5 nitrogen and oxygen atoms in total. The fourth-order valence-electron chi connectivity index (χ4n) is 5.55. The molecule has 0 aromatic rings. The summed E-state index contributed by atoms with van der Waals surface area (Å²) in [6.07, 6.45) is 15.8. The van der Waals surface area contributed by atoms with E-state index in [2.05, 4.69) is 10.6 Å². The fraction of sp³-hybridized carbons (Fsp3) is 0.905. The van der Waals surface area contributed by atoms with Gasteiger partial charge in [0.1, 0.15) is 6.04 Å². The number of rotatable bonds is 6. The molecule has 0 spiro atoms. The van der Waals surface area contributed by atoms with E-state index in [1.807, 2.05) is 0 Å². The van der Waals surface area contributed by atoms with Gasteiger partial charge >= 0.3 is 0 Å². The van der Waals surface area contributed by atoms with Crippen molar-refractivity contribution in [2.75, 3.05) is 6.54 Å². The van der Waals surface area contributed by atoms with Crippen molar-refractivity contribution < 1.29 is 9.59 Å². The second-order valence-electron chi connectivity index (χ2n) is 8.89. The van der Waals surface area contributed by atoms with Crippen LogP contribution in [0, 0.1) is 17.8 Å². The van der Waals surface area contributed by atoms with Crippen LogP contribution < -0.4 is 16.4 Å². The average Bonchev–Trinajstić information content (AvgIpc) is 2.68. The van der Waals surface area contributed by atoms with Crippen molar-refractivity contribution in [3.63, 3.8) is 0 Å². The number of amides is 2.